The molecule has 0 aliphatic heterocycles. The summed E-state index contributed by atoms with van der Waals surface area (Å²) in [4.78, 5) is 18.9. The highest BCUT2D eigenvalue weighted by Gasteiger charge is 2.34. The third-order valence-electron chi connectivity index (χ3n) is 6.47. The largest absolute Gasteiger partial charge is 0.323 e. The van der Waals surface area contributed by atoms with Crippen LogP contribution in [0.3, 0.4) is 0 Å². The average molecular weight is 478 g/mol. The van der Waals surface area contributed by atoms with Crippen LogP contribution in [0.25, 0.3) is 22.4 Å². The lowest BCUT2D eigenvalue weighted by Gasteiger charge is -2.32. The summed E-state index contributed by atoms with van der Waals surface area (Å²) in [5.41, 5.74) is 3.38. The monoisotopic (exact) mass is 477 g/mol. The number of anilines is 1. The Morgan fingerprint density at radius 3 is 2.36 bits per heavy atom. The van der Waals surface area contributed by atoms with Crippen molar-refractivity contribution in [1.82, 2.24) is 9.55 Å². The van der Waals surface area contributed by atoms with Crippen molar-refractivity contribution >= 4 is 45.8 Å². The number of halogens is 2. The van der Waals surface area contributed by atoms with Gasteiger partial charge < -0.3 is 9.88 Å². The molecule has 1 N–H and O–H groups in total. The van der Waals surface area contributed by atoms with E-state index in [1.165, 1.54) is 6.42 Å². The molecule has 6 heteroatoms. The zero-order valence-corrected chi connectivity index (χ0v) is 19.7. The summed E-state index contributed by atoms with van der Waals surface area (Å²) in [6, 6.07) is 22.6. The second kappa shape index (κ2) is 9.58. The van der Waals surface area contributed by atoms with Gasteiger partial charge in [-0.3, -0.25) is 4.79 Å². The minimum absolute atomic E-state index is 0.0617. The Balaban J connectivity index is 1.66. The molecule has 168 valence electrons. The lowest BCUT2D eigenvalue weighted by atomic mass is 9.83. The van der Waals surface area contributed by atoms with Crippen LogP contribution in [0.5, 0.6) is 0 Å². The number of para-hydroxylation sites is 3. The number of carbonyl (C=O) groups excluding carboxylic acids is 1. The molecule has 1 fully saturated rings. The lowest BCUT2D eigenvalue weighted by molar-refractivity contribution is -0.121. The number of fused-ring (bicyclic) bond motifs is 1. The molecule has 0 bridgehead atoms. The van der Waals surface area contributed by atoms with E-state index >= 15 is 0 Å². The standard InChI is InChI=1S/C27H25Cl2N3O/c28-20-16-14-19(15-17-20)26-30-23-12-6-7-13-24(23)32(26)25(18-8-2-1-3-9-18)27(33)31-22-11-5-4-10-21(22)29/h4-7,10-18,25H,1-3,8-9H2,(H,31,33). The van der Waals surface area contributed by atoms with Gasteiger partial charge in [0.25, 0.3) is 0 Å². The number of benzene rings is 3. The molecule has 1 aliphatic carbocycles. The highest BCUT2D eigenvalue weighted by Crippen LogP contribution is 2.39. The Hall–Kier alpha value is -2.82. The molecule has 4 aromatic rings. The summed E-state index contributed by atoms with van der Waals surface area (Å²) < 4.78 is 2.13. The van der Waals surface area contributed by atoms with Crippen LogP contribution in [0.1, 0.15) is 38.1 Å². The second-order valence-corrected chi connectivity index (χ2v) is 9.46. The Kier molecular flexibility index (Phi) is 6.39. The van der Waals surface area contributed by atoms with Crippen molar-refractivity contribution < 1.29 is 4.79 Å². The molecule has 1 heterocycles. The summed E-state index contributed by atoms with van der Waals surface area (Å²) in [6.45, 7) is 0. The van der Waals surface area contributed by atoms with Crippen LogP contribution >= 0.6 is 23.2 Å². The first-order valence-corrected chi connectivity index (χ1v) is 12.2. The number of hydrogen-bond acceptors (Lipinski definition) is 2. The topological polar surface area (TPSA) is 46.9 Å². The Morgan fingerprint density at radius 2 is 1.61 bits per heavy atom. The fourth-order valence-corrected chi connectivity index (χ4v) is 5.20. The van der Waals surface area contributed by atoms with E-state index in [2.05, 4.69) is 9.88 Å². The number of hydrogen-bond donors (Lipinski definition) is 1. The summed E-state index contributed by atoms with van der Waals surface area (Å²) in [7, 11) is 0. The van der Waals surface area contributed by atoms with Gasteiger partial charge in [-0.15, -0.1) is 0 Å². The van der Waals surface area contributed by atoms with E-state index in [0.29, 0.717) is 15.7 Å². The Morgan fingerprint density at radius 1 is 0.909 bits per heavy atom. The van der Waals surface area contributed by atoms with Crippen molar-refractivity contribution in [2.75, 3.05) is 5.32 Å². The molecular formula is C27H25Cl2N3O. The maximum Gasteiger partial charge on any atom is 0.247 e. The number of rotatable bonds is 5. The molecule has 33 heavy (non-hydrogen) atoms. The number of imidazole rings is 1. The molecule has 0 spiro atoms. The molecule has 4 nitrogen and oxygen atoms in total. The molecular weight excluding hydrogens is 453 g/mol. The fourth-order valence-electron chi connectivity index (χ4n) is 4.89. The summed E-state index contributed by atoms with van der Waals surface area (Å²) in [6.07, 6.45) is 5.48. The third-order valence-corrected chi connectivity index (χ3v) is 7.05. The van der Waals surface area contributed by atoms with Gasteiger partial charge in [-0.1, -0.05) is 66.7 Å². The highest BCUT2D eigenvalue weighted by atomic mass is 35.5. The van der Waals surface area contributed by atoms with E-state index in [9.17, 15) is 4.79 Å². The highest BCUT2D eigenvalue weighted by molar-refractivity contribution is 6.33. The molecule has 0 saturated heterocycles. The van der Waals surface area contributed by atoms with Crippen LogP contribution in [0, 0.1) is 5.92 Å². The maximum absolute atomic E-state index is 13.9. The molecule has 1 unspecified atom stereocenters. The van der Waals surface area contributed by atoms with E-state index in [0.717, 1.165) is 48.1 Å². The second-order valence-electron chi connectivity index (χ2n) is 8.61. The summed E-state index contributed by atoms with van der Waals surface area (Å²) in [5, 5.41) is 4.31. The Bertz CT molecular complexity index is 1280. The van der Waals surface area contributed by atoms with Crippen molar-refractivity contribution in [2.45, 2.75) is 38.1 Å². The molecule has 1 aromatic heterocycles. The van der Waals surface area contributed by atoms with Crippen molar-refractivity contribution in [3.8, 4) is 11.4 Å². The SMILES string of the molecule is O=C(Nc1ccccc1Cl)C(C1CCCCC1)n1c(-c2ccc(Cl)cc2)nc2ccccc21. The lowest BCUT2D eigenvalue weighted by Crippen LogP contribution is -2.33. The van der Waals surface area contributed by atoms with Gasteiger partial charge in [-0.05, 0) is 67.3 Å². The Labute approximate surface area is 203 Å². The van der Waals surface area contributed by atoms with E-state index in [1.54, 1.807) is 6.07 Å². The van der Waals surface area contributed by atoms with Gasteiger partial charge in [0.2, 0.25) is 5.91 Å². The van der Waals surface area contributed by atoms with Crippen LogP contribution in [-0.2, 0) is 4.79 Å². The third kappa shape index (κ3) is 4.50. The minimum Gasteiger partial charge on any atom is -0.323 e. The van der Waals surface area contributed by atoms with Crippen molar-refractivity contribution in [3.63, 3.8) is 0 Å². The number of aromatic nitrogens is 2. The van der Waals surface area contributed by atoms with E-state index in [4.69, 9.17) is 28.2 Å². The van der Waals surface area contributed by atoms with Crippen LogP contribution in [-0.4, -0.2) is 15.5 Å². The maximum atomic E-state index is 13.9. The van der Waals surface area contributed by atoms with Crippen molar-refractivity contribution in [3.05, 3.63) is 82.8 Å². The summed E-state index contributed by atoms with van der Waals surface area (Å²) >= 11 is 12.5. The molecule has 5 rings (SSSR count). The first kappa shape index (κ1) is 22.0. The fraction of sp³-hybridized carbons (Fsp3) is 0.259. The van der Waals surface area contributed by atoms with Gasteiger partial charge in [0.1, 0.15) is 11.9 Å². The van der Waals surface area contributed by atoms with Gasteiger partial charge >= 0.3 is 0 Å². The molecule has 0 radical (unpaired) electrons. The molecule has 3 aromatic carbocycles. The zero-order valence-electron chi connectivity index (χ0n) is 18.2. The van der Waals surface area contributed by atoms with Gasteiger partial charge in [0.05, 0.1) is 21.7 Å². The van der Waals surface area contributed by atoms with E-state index in [1.807, 2.05) is 66.7 Å². The average Bonchev–Trinajstić information content (AvgIpc) is 3.21. The molecule has 1 saturated carbocycles. The van der Waals surface area contributed by atoms with E-state index in [-0.39, 0.29) is 11.8 Å². The zero-order chi connectivity index (χ0) is 22.8. The van der Waals surface area contributed by atoms with E-state index < -0.39 is 6.04 Å². The van der Waals surface area contributed by atoms with Crippen molar-refractivity contribution in [1.29, 1.82) is 0 Å². The number of amides is 1. The molecule has 1 amide bonds. The van der Waals surface area contributed by atoms with Gasteiger partial charge in [0.15, 0.2) is 0 Å². The van der Waals surface area contributed by atoms with Crippen LogP contribution in [0.2, 0.25) is 10.0 Å². The number of nitrogens with one attached hydrogen (secondary N) is 1. The molecule has 1 atom stereocenters. The first-order chi connectivity index (χ1) is 16.1. The molecule has 1 aliphatic rings. The first-order valence-electron chi connectivity index (χ1n) is 11.4. The van der Waals surface area contributed by atoms with Crippen LogP contribution in [0.4, 0.5) is 5.69 Å². The predicted molar refractivity (Wildman–Crippen MR) is 136 cm³/mol. The van der Waals surface area contributed by atoms with Crippen molar-refractivity contribution in [2.24, 2.45) is 5.92 Å². The minimum atomic E-state index is -0.403. The normalized spacial score (nSPS) is 15.5. The quantitative estimate of drug-likeness (QED) is 0.319. The summed E-state index contributed by atoms with van der Waals surface area (Å²) in [5.74, 6) is 0.927. The van der Waals surface area contributed by atoms with Gasteiger partial charge in [-0.25, -0.2) is 4.98 Å². The van der Waals surface area contributed by atoms with Crippen LogP contribution < -0.4 is 5.32 Å². The van der Waals surface area contributed by atoms with Gasteiger partial charge in [-0.2, -0.15) is 0 Å². The smallest absolute Gasteiger partial charge is 0.247 e. The number of nitrogens with zero attached hydrogens (tertiary/aromatic N) is 2. The van der Waals surface area contributed by atoms with Gasteiger partial charge in [0, 0.05) is 10.6 Å². The van der Waals surface area contributed by atoms with Crippen LogP contribution in [0.15, 0.2) is 72.8 Å². The number of carbonyl (C=O) groups is 1. The predicted octanol–water partition coefficient (Wildman–Crippen LogP) is 7.77.